The number of benzene rings is 3. The molecule has 0 atom stereocenters. The third kappa shape index (κ3) is 5.21. The minimum Gasteiger partial charge on any atom is -0.495 e. The Kier molecular flexibility index (Phi) is 6.82. The van der Waals surface area contributed by atoms with E-state index >= 15 is 0 Å². The van der Waals surface area contributed by atoms with Crippen LogP contribution in [0.1, 0.15) is 12.0 Å². The van der Waals surface area contributed by atoms with Gasteiger partial charge in [0.1, 0.15) is 5.75 Å². The molecule has 3 aromatic rings. The van der Waals surface area contributed by atoms with Crippen molar-refractivity contribution >= 4 is 11.6 Å². The molecule has 0 unspecified atom stereocenters. The fraction of sp³-hybridized carbons (Fsp3) is 0.208. The molecule has 0 aliphatic heterocycles. The number of hydrogen-bond acceptors (Lipinski definition) is 3. The number of nitrogens with one attached hydrogen (secondary N) is 1. The van der Waals surface area contributed by atoms with Crippen LogP contribution in [0.3, 0.4) is 0 Å². The number of methoxy groups -OCH3 is 1. The van der Waals surface area contributed by atoms with E-state index < -0.39 is 0 Å². The zero-order valence-electron chi connectivity index (χ0n) is 16.4. The number of nitrogens with zero attached hydrogens (tertiary/aromatic N) is 1. The lowest BCUT2D eigenvalue weighted by Crippen LogP contribution is -2.24. The van der Waals surface area contributed by atoms with E-state index in [0.29, 0.717) is 24.4 Å². The summed E-state index contributed by atoms with van der Waals surface area (Å²) in [5.74, 6) is 0.647. The topological polar surface area (TPSA) is 41.6 Å². The Balaban J connectivity index is 1.58. The largest absolute Gasteiger partial charge is 0.495 e. The van der Waals surface area contributed by atoms with Gasteiger partial charge in [-0.3, -0.25) is 4.79 Å². The van der Waals surface area contributed by atoms with Gasteiger partial charge in [-0.25, -0.2) is 0 Å². The van der Waals surface area contributed by atoms with Gasteiger partial charge in [0.2, 0.25) is 5.91 Å². The molecule has 4 heteroatoms. The van der Waals surface area contributed by atoms with Crippen molar-refractivity contribution in [2.75, 3.05) is 26.0 Å². The molecular weight excluding hydrogens is 348 g/mol. The van der Waals surface area contributed by atoms with Crippen LogP contribution >= 0.6 is 0 Å². The zero-order chi connectivity index (χ0) is 19.8. The van der Waals surface area contributed by atoms with E-state index in [0.717, 1.165) is 6.54 Å². The summed E-state index contributed by atoms with van der Waals surface area (Å²) < 4.78 is 5.28. The predicted octanol–water partition coefficient (Wildman–Crippen LogP) is 4.82. The molecule has 0 spiro atoms. The molecule has 1 N–H and O–H groups in total. The second-order valence-corrected chi connectivity index (χ2v) is 6.76. The average Bonchev–Trinajstić information content (AvgIpc) is 2.74. The summed E-state index contributed by atoms with van der Waals surface area (Å²) in [6.45, 7) is 1.46. The van der Waals surface area contributed by atoms with Crippen LogP contribution in [0.2, 0.25) is 0 Å². The number of carbonyl (C=O) groups excluding carboxylic acids is 1. The third-order valence-electron chi connectivity index (χ3n) is 4.64. The van der Waals surface area contributed by atoms with Crippen molar-refractivity contribution < 1.29 is 9.53 Å². The van der Waals surface area contributed by atoms with E-state index in [-0.39, 0.29) is 5.91 Å². The van der Waals surface area contributed by atoms with E-state index in [9.17, 15) is 4.79 Å². The fourth-order valence-corrected chi connectivity index (χ4v) is 3.18. The monoisotopic (exact) mass is 374 g/mol. The van der Waals surface area contributed by atoms with Crippen LogP contribution in [0.25, 0.3) is 11.1 Å². The molecule has 0 aliphatic rings. The predicted molar refractivity (Wildman–Crippen MR) is 114 cm³/mol. The van der Waals surface area contributed by atoms with Gasteiger partial charge in [-0.2, -0.15) is 0 Å². The number of amides is 1. The lowest BCUT2D eigenvalue weighted by molar-refractivity contribution is -0.116. The maximum absolute atomic E-state index is 12.3. The first-order valence-electron chi connectivity index (χ1n) is 9.42. The Morgan fingerprint density at radius 3 is 2.39 bits per heavy atom. The molecule has 0 radical (unpaired) electrons. The number of hydrogen-bond donors (Lipinski definition) is 1. The molecule has 0 saturated carbocycles. The second-order valence-electron chi connectivity index (χ2n) is 6.76. The summed E-state index contributed by atoms with van der Waals surface area (Å²) in [5.41, 5.74) is 4.39. The van der Waals surface area contributed by atoms with Gasteiger partial charge in [-0.1, -0.05) is 66.7 Å². The van der Waals surface area contributed by atoms with Gasteiger partial charge < -0.3 is 15.0 Å². The molecule has 3 aromatic carbocycles. The van der Waals surface area contributed by atoms with Crippen LogP contribution in [0.4, 0.5) is 5.69 Å². The Morgan fingerprint density at radius 1 is 0.929 bits per heavy atom. The number of para-hydroxylation sites is 2. The average molecular weight is 374 g/mol. The van der Waals surface area contributed by atoms with Crippen molar-refractivity contribution in [2.45, 2.75) is 13.0 Å². The quantitative estimate of drug-likeness (QED) is 0.614. The van der Waals surface area contributed by atoms with E-state index in [1.54, 1.807) is 7.11 Å². The van der Waals surface area contributed by atoms with Gasteiger partial charge in [0, 0.05) is 19.5 Å². The molecule has 0 fully saturated rings. The van der Waals surface area contributed by atoms with Gasteiger partial charge >= 0.3 is 0 Å². The number of rotatable bonds is 8. The minimum atomic E-state index is -0.0207. The van der Waals surface area contributed by atoms with Crippen LogP contribution in [-0.4, -0.2) is 31.5 Å². The van der Waals surface area contributed by atoms with Gasteiger partial charge in [-0.15, -0.1) is 0 Å². The SMILES string of the molecule is COc1ccccc1NC(=O)CCN(C)Cc1ccccc1-c1ccccc1. The maximum Gasteiger partial charge on any atom is 0.225 e. The summed E-state index contributed by atoms with van der Waals surface area (Å²) in [6.07, 6.45) is 0.419. The Hall–Kier alpha value is -3.11. The van der Waals surface area contributed by atoms with Crippen LogP contribution in [-0.2, 0) is 11.3 Å². The summed E-state index contributed by atoms with van der Waals surface area (Å²) in [4.78, 5) is 14.5. The van der Waals surface area contributed by atoms with Gasteiger partial charge in [0.15, 0.2) is 0 Å². The van der Waals surface area contributed by atoms with E-state index in [2.05, 4.69) is 58.7 Å². The first-order chi connectivity index (χ1) is 13.7. The van der Waals surface area contributed by atoms with E-state index in [1.165, 1.54) is 16.7 Å². The molecular formula is C24H26N2O2. The van der Waals surface area contributed by atoms with Crippen LogP contribution < -0.4 is 10.1 Å². The van der Waals surface area contributed by atoms with Crippen molar-refractivity contribution in [3.8, 4) is 16.9 Å². The van der Waals surface area contributed by atoms with E-state index in [1.807, 2.05) is 37.4 Å². The molecule has 1 amide bonds. The molecule has 3 rings (SSSR count). The zero-order valence-corrected chi connectivity index (χ0v) is 16.4. The first kappa shape index (κ1) is 19.6. The number of carbonyl (C=O) groups is 1. The molecule has 0 aliphatic carbocycles. The highest BCUT2D eigenvalue weighted by molar-refractivity contribution is 5.92. The van der Waals surface area contributed by atoms with Gasteiger partial charge in [0.25, 0.3) is 0 Å². The normalized spacial score (nSPS) is 10.7. The van der Waals surface area contributed by atoms with Crippen molar-refractivity contribution in [3.63, 3.8) is 0 Å². The summed E-state index contributed by atoms with van der Waals surface area (Å²) in [7, 11) is 3.64. The van der Waals surface area contributed by atoms with Gasteiger partial charge in [0.05, 0.1) is 12.8 Å². The molecule has 28 heavy (non-hydrogen) atoms. The summed E-state index contributed by atoms with van der Waals surface area (Å²) >= 11 is 0. The van der Waals surface area contributed by atoms with Gasteiger partial charge in [-0.05, 0) is 35.9 Å². The van der Waals surface area contributed by atoms with Crippen LogP contribution in [0.5, 0.6) is 5.75 Å². The van der Waals surface area contributed by atoms with E-state index in [4.69, 9.17) is 4.74 Å². The second kappa shape index (κ2) is 9.72. The van der Waals surface area contributed by atoms with Crippen LogP contribution in [0.15, 0.2) is 78.9 Å². The smallest absolute Gasteiger partial charge is 0.225 e. The molecule has 4 nitrogen and oxygen atoms in total. The molecule has 0 bridgehead atoms. The molecule has 0 heterocycles. The third-order valence-corrected chi connectivity index (χ3v) is 4.64. The maximum atomic E-state index is 12.3. The fourth-order valence-electron chi connectivity index (χ4n) is 3.18. The minimum absolute atomic E-state index is 0.0207. The highest BCUT2D eigenvalue weighted by atomic mass is 16.5. The summed E-state index contributed by atoms with van der Waals surface area (Å²) in [5, 5.41) is 2.93. The molecule has 0 saturated heterocycles. The highest BCUT2D eigenvalue weighted by Crippen LogP contribution is 2.25. The lowest BCUT2D eigenvalue weighted by atomic mass is 9.99. The lowest BCUT2D eigenvalue weighted by Gasteiger charge is -2.19. The van der Waals surface area contributed by atoms with Crippen molar-refractivity contribution in [1.82, 2.24) is 4.90 Å². The van der Waals surface area contributed by atoms with Crippen molar-refractivity contribution in [2.24, 2.45) is 0 Å². The molecule has 0 aromatic heterocycles. The summed E-state index contributed by atoms with van der Waals surface area (Å²) in [6, 6.07) is 26.2. The standard InChI is InChI=1S/C24H26N2O2/c1-26(17-16-24(27)25-22-14-8-9-15-23(22)28-2)18-20-12-6-7-13-21(20)19-10-4-3-5-11-19/h3-15H,16-18H2,1-2H3,(H,25,27). The molecule has 144 valence electrons. The Bertz CT molecular complexity index is 909. The number of anilines is 1. The van der Waals surface area contributed by atoms with Crippen molar-refractivity contribution in [3.05, 3.63) is 84.4 Å². The first-order valence-corrected chi connectivity index (χ1v) is 9.42. The Labute approximate surface area is 166 Å². The Morgan fingerprint density at radius 2 is 1.61 bits per heavy atom. The van der Waals surface area contributed by atoms with Crippen molar-refractivity contribution in [1.29, 1.82) is 0 Å². The number of ether oxygens (including phenoxy) is 1. The highest BCUT2D eigenvalue weighted by Gasteiger charge is 2.10. The van der Waals surface area contributed by atoms with Crippen LogP contribution in [0, 0.1) is 0 Å².